The summed E-state index contributed by atoms with van der Waals surface area (Å²) >= 11 is 6.07. The van der Waals surface area contributed by atoms with Crippen molar-refractivity contribution in [3.8, 4) is 17.3 Å². The molecular formula is C19H19ClN6O2. The first-order chi connectivity index (χ1) is 14.4. The number of carbonyl (C=O) groups is 1. The van der Waals surface area contributed by atoms with E-state index in [1.54, 1.807) is 24.3 Å². The Bertz CT molecular complexity index is 1190. The molecule has 3 aromatic rings. The van der Waals surface area contributed by atoms with Crippen LogP contribution >= 0.6 is 11.6 Å². The molecule has 1 amide bonds. The predicted octanol–water partition coefficient (Wildman–Crippen LogP) is 2.69. The van der Waals surface area contributed by atoms with Crippen molar-refractivity contribution in [3.05, 3.63) is 58.5 Å². The lowest BCUT2D eigenvalue weighted by atomic mass is 10.1. The van der Waals surface area contributed by atoms with Gasteiger partial charge in [0.15, 0.2) is 0 Å². The maximum atomic E-state index is 11.5. The predicted molar refractivity (Wildman–Crippen MR) is 103 cm³/mol. The number of nitrogens with two attached hydrogens (primary N) is 1. The van der Waals surface area contributed by atoms with Gasteiger partial charge >= 0.3 is 0 Å². The van der Waals surface area contributed by atoms with Gasteiger partial charge in [-0.15, -0.1) is 0 Å². The number of nitriles is 1. The van der Waals surface area contributed by atoms with E-state index in [0.29, 0.717) is 16.8 Å². The molecule has 0 aliphatic rings. The zero-order valence-electron chi connectivity index (χ0n) is 18.1. The van der Waals surface area contributed by atoms with E-state index in [-0.39, 0.29) is 16.4 Å². The topological polar surface area (TPSA) is 123 Å². The average Bonchev–Trinajstić information content (AvgIpc) is 3.35. The molecule has 1 aromatic carbocycles. The second-order valence-electron chi connectivity index (χ2n) is 6.07. The molecule has 8 nitrogen and oxygen atoms in total. The number of aliphatic hydroxyl groups is 1. The standard InChI is InChI=1S/C19H19ClN6O2/c1-11(26-18(12(2)27)8-17(24-26)19(22)28)10-25-6-5-16(23-25)13-3-4-14(9-21)15(20)7-13/h3-8,11-12,27H,10H2,1-2H3,(H2,22,28)/t11-,12?/m0/s1/i10D2,12D. The molecule has 9 heteroatoms. The molecule has 3 N–H and O–H groups in total. The van der Waals surface area contributed by atoms with Gasteiger partial charge in [-0.3, -0.25) is 14.2 Å². The summed E-state index contributed by atoms with van der Waals surface area (Å²) in [5, 5.41) is 27.7. The van der Waals surface area contributed by atoms with Crippen LogP contribution in [-0.2, 0) is 6.50 Å². The number of primary amides is 1. The van der Waals surface area contributed by atoms with Gasteiger partial charge < -0.3 is 10.8 Å². The third-order valence-corrected chi connectivity index (χ3v) is 4.33. The van der Waals surface area contributed by atoms with Crippen molar-refractivity contribution in [2.75, 3.05) is 0 Å². The van der Waals surface area contributed by atoms with Crippen LogP contribution in [0.25, 0.3) is 11.3 Å². The molecule has 2 heterocycles. The third-order valence-electron chi connectivity index (χ3n) is 4.02. The Labute approximate surface area is 171 Å². The fourth-order valence-corrected chi connectivity index (χ4v) is 2.86. The molecule has 0 bridgehead atoms. The number of nitrogens with zero attached hydrogens (tertiary/aromatic N) is 5. The van der Waals surface area contributed by atoms with E-state index in [1.807, 2.05) is 6.07 Å². The number of halogens is 1. The van der Waals surface area contributed by atoms with Crippen LogP contribution in [0.5, 0.6) is 0 Å². The number of aromatic nitrogens is 4. The molecule has 0 aliphatic heterocycles. The molecule has 28 heavy (non-hydrogen) atoms. The van der Waals surface area contributed by atoms with Crippen molar-refractivity contribution in [1.82, 2.24) is 19.6 Å². The SMILES string of the molecule is [2H]C(C)(O)c1cc(C(N)=O)nn1[C@@H](C)C([2H])([2H])n1ccc(-c2ccc(C#N)c(Cl)c2)n1. The van der Waals surface area contributed by atoms with Crippen molar-refractivity contribution in [3.63, 3.8) is 0 Å². The highest BCUT2D eigenvalue weighted by Crippen LogP contribution is 2.25. The van der Waals surface area contributed by atoms with Crippen molar-refractivity contribution in [2.24, 2.45) is 5.73 Å². The summed E-state index contributed by atoms with van der Waals surface area (Å²) < 4.78 is 27.2. The Morgan fingerprint density at radius 3 is 2.79 bits per heavy atom. The van der Waals surface area contributed by atoms with Gasteiger partial charge in [0.25, 0.3) is 5.91 Å². The summed E-state index contributed by atoms with van der Waals surface area (Å²) in [5.41, 5.74) is 6.30. The molecule has 0 radical (unpaired) electrons. The van der Waals surface area contributed by atoms with Crippen LogP contribution in [0.4, 0.5) is 0 Å². The highest BCUT2D eigenvalue weighted by atomic mass is 35.5. The molecule has 0 saturated heterocycles. The summed E-state index contributed by atoms with van der Waals surface area (Å²) in [5.74, 6) is -0.865. The largest absolute Gasteiger partial charge is 0.387 e. The van der Waals surface area contributed by atoms with Crippen LogP contribution in [-0.4, -0.2) is 30.6 Å². The van der Waals surface area contributed by atoms with Crippen molar-refractivity contribution < 1.29 is 14.0 Å². The van der Waals surface area contributed by atoms with E-state index in [1.165, 1.54) is 20.0 Å². The fraction of sp³-hybridized carbons (Fsp3) is 0.263. The summed E-state index contributed by atoms with van der Waals surface area (Å²) in [7, 11) is 0. The van der Waals surface area contributed by atoms with Crippen LogP contribution in [0.2, 0.25) is 5.02 Å². The van der Waals surface area contributed by atoms with Crippen molar-refractivity contribution in [1.29, 1.82) is 5.26 Å². The van der Waals surface area contributed by atoms with Crippen LogP contribution in [0, 0.1) is 11.3 Å². The Morgan fingerprint density at radius 2 is 2.18 bits per heavy atom. The Morgan fingerprint density at radius 1 is 1.43 bits per heavy atom. The van der Waals surface area contributed by atoms with Crippen molar-refractivity contribution >= 4 is 17.5 Å². The Hall–Kier alpha value is -3.15. The number of hydrogen-bond acceptors (Lipinski definition) is 5. The average molecular weight is 402 g/mol. The molecule has 2 aromatic heterocycles. The minimum absolute atomic E-state index is 0.0936. The smallest absolute Gasteiger partial charge is 0.269 e. The van der Waals surface area contributed by atoms with Gasteiger partial charge in [0.1, 0.15) is 11.8 Å². The Kier molecular flexibility index (Phi) is 4.44. The van der Waals surface area contributed by atoms with Gasteiger partial charge in [0.05, 0.1) is 44.7 Å². The van der Waals surface area contributed by atoms with E-state index in [4.69, 9.17) is 26.7 Å². The lowest BCUT2D eigenvalue weighted by Crippen LogP contribution is -2.19. The first kappa shape index (κ1) is 15.9. The molecule has 0 saturated carbocycles. The van der Waals surface area contributed by atoms with Gasteiger partial charge in [-0.1, -0.05) is 17.7 Å². The normalized spacial score (nSPS) is 16.3. The highest BCUT2D eigenvalue weighted by molar-refractivity contribution is 6.32. The summed E-state index contributed by atoms with van der Waals surface area (Å²) in [6.45, 7) is 0.483. The maximum absolute atomic E-state index is 11.5. The lowest BCUT2D eigenvalue weighted by Gasteiger charge is -2.17. The van der Waals surface area contributed by atoms with Crippen molar-refractivity contribution in [2.45, 2.75) is 32.5 Å². The molecular weight excluding hydrogens is 380 g/mol. The van der Waals surface area contributed by atoms with Gasteiger partial charge in [0.2, 0.25) is 0 Å². The van der Waals surface area contributed by atoms with Crippen LogP contribution in [0.1, 0.15) is 51.8 Å². The number of rotatable bonds is 6. The zero-order valence-corrected chi connectivity index (χ0v) is 15.8. The monoisotopic (exact) mass is 401 g/mol. The summed E-state index contributed by atoms with van der Waals surface area (Å²) in [6, 6.07) is 8.40. The van der Waals surface area contributed by atoms with Crippen LogP contribution in [0.3, 0.4) is 0 Å². The molecule has 144 valence electrons. The zero-order chi connectivity index (χ0) is 23.1. The van der Waals surface area contributed by atoms with Gasteiger partial charge in [0, 0.05) is 11.8 Å². The first-order valence-electron chi connectivity index (χ1n) is 9.74. The minimum Gasteiger partial charge on any atom is -0.387 e. The second kappa shape index (κ2) is 7.84. The fourth-order valence-electron chi connectivity index (χ4n) is 2.64. The minimum atomic E-state index is -2.17. The molecule has 0 aliphatic carbocycles. The van der Waals surface area contributed by atoms with Gasteiger partial charge in [-0.25, -0.2) is 0 Å². The molecule has 3 rings (SSSR count). The van der Waals surface area contributed by atoms with E-state index in [0.717, 1.165) is 15.4 Å². The summed E-state index contributed by atoms with van der Waals surface area (Å²) in [6.07, 6.45) is -0.714. The maximum Gasteiger partial charge on any atom is 0.269 e. The molecule has 0 spiro atoms. The van der Waals surface area contributed by atoms with Gasteiger partial charge in [-0.2, -0.15) is 15.5 Å². The van der Waals surface area contributed by atoms with E-state index in [9.17, 15) is 9.90 Å². The number of hydrogen-bond donors (Lipinski definition) is 2. The van der Waals surface area contributed by atoms with E-state index >= 15 is 0 Å². The van der Waals surface area contributed by atoms with Gasteiger partial charge in [-0.05, 0) is 38.1 Å². The lowest BCUT2D eigenvalue weighted by molar-refractivity contribution is 0.0994. The first-order valence-corrected chi connectivity index (χ1v) is 8.62. The molecule has 1 unspecified atom stereocenters. The van der Waals surface area contributed by atoms with Crippen LogP contribution in [0.15, 0.2) is 36.5 Å². The number of carbonyl (C=O) groups excluding carboxylic acids is 1. The highest BCUT2D eigenvalue weighted by Gasteiger charge is 2.19. The molecule has 0 fully saturated rings. The van der Waals surface area contributed by atoms with E-state index < -0.39 is 24.5 Å². The molecule has 2 atom stereocenters. The van der Waals surface area contributed by atoms with Crippen LogP contribution < -0.4 is 5.73 Å². The summed E-state index contributed by atoms with van der Waals surface area (Å²) in [4.78, 5) is 11.5. The Balaban J connectivity index is 2.00. The quantitative estimate of drug-likeness (QED) is 0.657. The third kappa shape index (κ3) is 3.91. The number of benzene rings is 1. The number of amides is 1. The second-order valence-corrected chi connectivity index (χ2v) is 6.47. The van der Waals surface area contributed by atoms with E-state index in [2.05, 4.69) is 10.2 Å².